The molecule has 1 aliphatic rings. The van der Waals surface area contributed by atoms with Crippen molar-refractivity contribution in [2.24, 2.45) is 0 Å². The molecule has 0 aliphatic carbocycles. The Morgan fingerprint density at radius 1 is 1.00 bits per heavy atom. The van der Waals surface area contributed by atoms with Crippen LogP contribution in [0, 0.1) is 0 Å². The molecule has 3 aromatic rings. The van der Waals surface area contributed by atoms with Crippen molar-refractivity contribution in [3.8, 4) is 22.5 Å². The van der Waals surface area contributed by atoms with Crippen LogP contribution in [0.15, 0.2) is 53.4 Å². The fraction of sp³-hybridized carbons (Fsp3) is 0.0667. The Labute approximate surface area is 132 Å². The number of fused-ring (bicyclic) bond motifs is 3. The number of rotatable bonds is 1. The Balaban J connectivity index is 2.05. The van der Waals surface area contributed by atoms with Crippen molar-refractivity contribution in [3.05, 3.63) is 53.6 Å². The van der Waals surface area contributed by atoms with E-state index in [1.165, 1.54) is 4.68 Å². The number of benzene rings is 2. The molecule has 5 nitrogen and oxygen atoms in total. The summed E-state index contributed by atoms with van der Waals surface area (Å²) < 4.78 is 26.1. The summed E-state index contributed by atoms with van der Waals surface area (Å²) >= 11 is 6.25. The summed E-state index contributed by atoms with van der Waals surface area (Å²) in [6.45, 7) is 0. The third-order valence-electron chi connectivity index (χ3n) is 3.63. The molecule has 1 aliphatic heterocycles. The minimum atomic E-state index is -3.41. The maximum atomic E-state index is 12.3. The molecule has 0 radical (unpaired) electrons. The van der Waals surface area contributed by atoms with E-state index >= 15 is 0 Å². The van der Waals surface area contributed by atoms with E-state index in [9.17, 15) is 8.42 Å². The van der Waals surface area contributed by atoms with Gasteiger partial charge < -0.3 is 0 Å². The van der Waals surface area contributed by atoms with Gasteiger partial charge in [-0.2, -0.15) is 0 Å². The molecular weight excluding hydrogens is 322 g/mol. The zero-order chi connectivity index (χ0) is 15.3. The quantitative estimate of drug-likeness (QED) is 0.687. The van der Waals surface area contributed by atoms with Crippen LogP contribution in [0.2, 0.25) is 5.02 Å². The molecule has 7 heteroatoms. The maximum absolute atomic E-state index is 12.3. The lowest BCUT2D eigenvalue weighted by Crippen LogP contribution is -2.19. The molecule has 0 unspecified atom stereocenters. The van der Waals surface area contributed by atoms with Gasteiger partial charge in [-0.25, -0.2) is 13.1 Å². The van der Waals surface area contributed by atoms with Gasteiger partial charge in [-0.15, -0.1) is 5.10 Å². The van der Waals surface area contributed by atoms with Crippen LogP contribution in [-0.4, -0.2) is 23.4 Å². The molecule has 0 saturated heterocycles. The molecule has 0 spiro atoms. The summed E-state index contributed by atoms with van der Waals surface area (Å²) in [7, 11) is -3.41. The number of halogens is 1. The summed E-state index contributed by atoms with van der Waals surface area (Å²) in [4.78, 5) is 0.304. The van der Waals surface area contributed by atoms with Crippen LogP contribution in [0.25, 0.3) is 22.5 Å². The van der Waals surface area contributed by atoms with Crippen molar-refractivity contribution in [3.63, 3.8) is 0 Å². The van der Waals surface area contributed by atoms with Crippen LogP contribution in [0.5, 0.6) is 0 Å². The summed E-state index contributed by atoms with van der Waals surface area (Å²) in [5.41, 5.74) is 2.61. The van der Waals surface area contributed by atoms with E-state index in [0.29, 0.717) is 26.9 Å². The Morgan fingerprint density at radius 3 is 2.45 bits per heavy atom. The zero-order valence-corrected chi connectivity index (χ0v) is 12.8. The highest BCUT2D eigenvalue weighted by Gasteiger charge is 2.31. The highest BCUT2D eigenvalue weighted by Crippen LogP contribution is 2.40. The van der Waals surface area contributed by atoms with E-state index in [2.05, 4.69) is 10.3 Å². The van der Waals surface area contributed by atoms with Gasteiger partial charge in [0, 0.05) is 11.1 Å². The lowest BCUT2D eigenvalue weighted by atomic mass is 10.0. The second-order valence-corrected chi connectivity index (χ2v) is 7.34. The van der Waals surface area contributed by atoms with Gasteiger partial charge in [0.25, 0.3) is 0 Å². The Morgan fingerprint density at radius 2 is 1.68 bits per heavy atom. The van der Waals surface area contributed by atoms with Crippen LogP contribution in [-0.2, 0) is 15.7 Å². The Bertz CT molecular complexity index is 996. The molecular formula is C15H10ClN3O2S. The Kier molecular flexibility index (Phi) is 2.85. The molecule has 0 bridgehead atoms. The van der Waals surface area contributed by atoms with Gasteiger partial charge in [0.1, 0.15) is 11.6 Å². The lowest BCUT2D eigenvalue weighted by Gasteiger charge is -2.18. The van der Waals surface area contributed by atoms with Gasteiger partial charge in [-0.1, -0.05) is 53.2 Å². The minimum absolute atomic E-state index is 0.212. The monoisotopic (exact) mass is 331 g/mol. The van der Waals surface area contributed by atoms with Crippen LogP contribution in [0.3, 0.4) is 0 Å². The summed E-state index contributed by atoms with van der Waals surface area (Å²) in [5.74, 6) is -0.212. The largest absolute Gasteiger partial charge is 0.228 e. The predicted molar refractivity (Wildman–Crippen MR) is 83.1 cm³/mol. The predicted octanol–water partition coefficient (Wildman–Crippen LogP) is 3.01. The van der Waals surface area contributed by atoms with E-state index in [4.69, 9.17) is 11.6 Å². The molecule has 0 N–H and O–H groups in total. The fourth-order valence-electron chi connectivity index (χ4n) is 2.67. The highest BCUT2D eigenvalue weighted by molar-refractivity contribution is 7.90. The van der Waals surface area contributed by atoms with E-state index in [0.717, 1.165) is 5.56 Å². The number of hydrogen-bond donors (Lipinski definition) is 0. The third kappa shape index (κ3) is 1.88. The summed E-state index contributed by atoms with van der Waals surface area (Å²) in [5, 5.41) is 8.71. The van der Waals surface area contributed by atoms with Crippen LogP contribution >= 0.6 is 11.6 Å². The lowest BCUT2D eigenvalue weighted by molar-refractivity contribution is 0.568. The SMILES string of the molecule is O=S1(=O)Cn2nnc(-c3ccccc3Cl)c2-c2ccccc21. The van der Waals surface area contributed by atoms with Crippen LogP contribution < -0.4 is 0 Å². The van der Waals surface area contributed by atoms with Gasteiger partial charge in [0.05, 0.1) is 15.6 Å². The van der Waals surface area contributed by atoms with E-state index in [-0.39, 0.29) is 5.88 Å². The summed E-state index contributed by atoms with van der Waals surface area (Å²) in [6, 6.07) is 14.2. The normalized spacial score (nSPS) is 15.1. The van der Waals surface area contributed by atoms with Crippen molar-refractivity contribution in [2.75, 3.05) is 0 Å². The van der Waals surface area contributed by atoms with Crippen LogP contribution in [0.4, 0.5) is 0 Å². The average molecular weight is 332 g/mol. The van der Waals surface area contributed by atoms with E-state index in [1.807, 2.05) is 18.2 Å². The molecule has 110 valence electrons. The van der Waals surface area contributed by atoms with Crippen molar-refractivity contribution in [1.29, 1.82) is 0 Å². The Hall–Kier alpha value is -2.18. The van der Waals surface area contributed by atoms with Crippen molar-refractivity contribution >= 4 is 21.4 Å². The zero-order valence-electron chi connectivity index (χ0n) is 11.3. The average Bonchev–Trinajstić information content (AvgIpc) is 2.91. The first-order valence-corrected chi connectivity index (χ1v) is 8.61. The molecule has 4 rings (SSSR count). The first-order valence-electron chi connectivity index (χ1n) is 6.58. The molecule has 1 aromatic heterocycles. The van der Waals surface area contributed by atoms with Crippen molar-refractivity contribution in [1.82, 2.24) is 15.0 Å². The maximum Gasteiger partial charge on any atom is 0.199 e. The van der Waals surface area contributed by atoms with Gasteiger partial charge >= 0.3 is 0 Å². The molecule has 0 amide bonds. The molecule has 0 saturated carbocycles. The highest BCUT2D eigenvalue weighted by atomic mass is 35.5. The van der Waals surface area contributed by atoms with Crippen LogP contribution in [0.1, 0.15) is 0 Å². The second-order valence-electron chi connectivity index (χ2n) is 5.01. The fourth-order valence-corrected chi connectivity index (χ4v) is 4.32. The smallest absolute Gasteiger partial charge is 0.199 e. The van der Waals surface area contributed by atoms with Gasteiger partial charge in [-0.3, -0.25) is 0 Å². The van der Waals surface area contributed by atoms with Gasteiger partial charge in [0.2, 0.25) is 0 Å². The van der Waals surface area contributed by atoms with Gasteiger partial charge in [-0.05, 0) is 12.1 Å². The second kappa shape index (κ2) is 4.66. The van der Waals surface area contributed by atoms with Crippen molar-refractivity contribution < 1.29 is 8.42 Å². The third-order valence-corrected chi connectivity index (χ3v) is 5.57. The first kappa shape index (κ1) is 13.5. The topological polar surface area (TPSA) is 64.8 Å². The number of sulfone groups is 1. The number of aromatic nitrogens is 3. The number of hydrogen-bond acceptors (Lipinski definition) is 4. The first-order chi connectivity index (χ1) is 10.6. The van der Waals surface area contributed by atoms with E-state index in [1.54, 1.807) is 30.3 Å². The molecule has 2 aromatic carbocycles. The molecule has 0 fully saturated rings. The van der Waals surface area contributed by atoms with E-state index < -0.39 is 9.84 Å². The van der Waals surface area contributed by atoms with Crippen molar-refractivity contribution in [2.45, 2.75) is 10.8 Å². The standard InChI is InChI=1S/C15H10ClN3O2S/c16-12-7-3-1-5-10(12)14-15-11-6-2-4-8-13(11)22(20,21)9-19(15)18-17-14/h1-8H,9H2. The van der Waals surface area contributed by atoms with Gasteiger partial charge in [0.15, 0.2) is 9.84 Å². The summed E-state index contributed by atoms with van der Waals surface area (Å²) in [6.07, 6.45) is 0. The molecule has 2 heterocycles. The minimum Gasteiger partial charge on any atom is -0.228 e. The molecule has 22 heavy (non-hydrogen) atoms. The molecule has 0 atom stereocenters. The number of nitrogens with zero attached hydrogens (tertiary/aromatic N) is 3.